The zero-order valence-electron chi connectivity index (χ0n) is 13.0. The zero-order valence-corrected chi connectivity index (χ0v) is 14.5. The van der Waals surface area contributed by atoms with Crippen LogP contribution in [-0.4, -0.2) is 22.4 Å². The van der Waals surface area contributed by atoms with E-state index < -0.39 is 5.91 Å². The van der Waals surface area contributed by atoms with Crippen molar-refractivity contribution in [2.75, 3.05) is 10.8 Å². The molecule has 0 saturated carbocycles. The molecule has 0 spiro atoms. The second kappa shape index (κ2) is 8.32. The number of aromatic nitrogens is 2. The van der Waals surface area contributed by atoms with Crippen LogP contribution in [0.25, 0.3) is 0 Å². The van der Waals surface area contributed by atoms with Gasteiger partial charge in [-0.05, 0) is 40.6 Å². The van der Waals surface area contributed by atoms with Crippen LogP contribution in [0.2, 0.25) is 10.0 Å². The summed E-state index contributed by atoms with van der Waals surface area (Å²) >= 11 is 11.8. The van der Waals surface area contributed by atoms with E-state index in [4.69, 9.17) is 28.1 Å². The SMILES string of the molecule is O=C(Nc1nonc1/C=N/ONc1cccc(Cl)c1)c1ccccc1Cl. The lowest BCUT2D eigenvalue weighted by atomic mass is 10.2. The maximum absolute atomic E-state index is 12.2. The molecule has 132 valence electrons. The molecule has 10 heteroatoms. The fourth-order valence-electron chi connectivity index (χ4n) is 1.89. The van der Waals surface area contributed by atoms with Crippen LogP contribution < -0.4 is 10.8 Å². The fourth-order valence-corrected chi connectivity index (χ4v) is 2.31. The van der Waals surface area contributed by atoms with Gasteiger partial charge in [0.2, 0.25) is 5.82 Å². The summed E-state index contributed by atoms with van der Waals surface area (Å²) < 4.78 is 4.61. The highest BCUT2D eigenvalue weighted by Crippen LogP contribution is 2.17. The Hall–Kier alpha value is -3.10. The summed E-state index contributed by atoms with van der Waals surface area (Å²) in [4.78, 5) is 17.2. The minimum atomic E-state index is -0.459. The average Bonchev–Trinajstić information content (AvgIpc) is 3.06. The third-order valence-corrected chi connectivity index (χ3v) is 3.64. The molecule has 1 aromatic heterocycles. The average molecular weight is 392 g/mol. The number of hydrogen-bond acceptors (Lipinski definition) is 7. The molecule has 1 amide bonds. The standard InChI is InChI=1S/C16H11Cl2N5O3/c17-10-4-3-5-11(8-10)21-25-19-9-14-15(23-26-22-14)20-16(24)12-6-1-2-7-13(12)18/h1-9,21H,(H,20,23,24)/b19-9+. The molecule has 2 N–H and O–H groups in total. The van der Waals surface area contributed by atoms with Crippen molar-refractivity contribution in [1.29, 1.82) is 0 Å². The van der Waals surface area contributed by atoms with Crippen LogP contribution in [0.4, 0.5) is 11.5 Å². The van der Waals surface area contributed by atoms with Gasteiger partial charge in [-0.2, -0.15) is 5.48 Å². The Balaban J connectivity index is 1.61. The lowest BCUT2D eigenvalue weighted by Crippen LogP contribution is -2.14. The molecule has 0 aliphatic carbocycles. The van der Waals surface area contributed by atoms with E-state index in [1.807, 2.05) is 0 Å². The summed E-state index contributed by atoms with van der Waals surface area (Å²) in [7, 11) is 0. The van der Waals surface area contributed by atoms with E-state index in [-0.39, 0.29) is 11.5 Å². The Bertz CT molecular complexity index is 945. The van der Waals surface area contributed by atoms with Crippen molar-refractivity contribution in [2.45, 2.75) is 0 Å². The number of nitrogens with zero attached hydrogens (tertiary/aromatic N) is 3. The molecule has 0 unspecified atom stereocenters. The lowest BCUT2D eigenvalue weighted by Gasteiger charge is -2.03. The molecular weight excluding hydrogens is 381 g/mol. The number of amides is 1. The van der Waals surface area contributed by atoms with E-state index >= 15 is 0 Å². The summed E-state index contributed by atoms with van der Waals surface area (Å²) in [5.41, 5.74) is 3.64. The Morgan fingerprint density at radius 2 is 2.00 bits per heavy atom. The van der Waals surface area contributed by atoms with Crippen molar-refractivity contribution in [1.82, 2.24) is 10.3 Å². The van der Waals surface area contributed by atoms with Gasteiger partial charge >= 0.3 is 0 Å². The van der Waals surface area contributed by atoms with Gasteiger partial charge in [-0.15, -0.1) is 0 Å². The molecule has 3 rings (SSSR count). The zero-order chi connectivity index (χ0) is 18.4. The first-order valence-corrected chi connectivity index (χ1v) is 7.98. The summed E-state index contributed by atoms with van der Waals surface area (Å²) in [6.45, 7) is 0. The van der Waals surface area contributed by atoms with Gasteiger partial charge in [0.15, 0.2) is 5.69 Å². The van der Waals surface area contributed by atoms with Crippen molar-refractivity contribution in [2.24, 2.45) is 5.16 Å². The first-order chi connectivity index (χ1) is 12.6. The van der Waals surface area contributed by atoms with Crippen molar-refractivity contribution < 1.29 is 14.4 Å². The fraction of sp³-hybridized carbons (Fsp3) is 0. The molecule has 2 aromatic carbocycles. The Morgan fingerprint density at radius 3 is 2.81 bits per heavy atom. The number of oxime groups is 1. The van der Waals surface area contributed by atoms with Crippen molar-refractivity contribution >= 4 is 46.8 Å². The van der Waals surface area contributed by atoms with Crippen LogP contribution in [0.1, 0.15) is 16.1 Å². The summed E-state index contributed by atoms with van der Waals surface area (Å²) in [5, 5.41) is 14.3. The number of nitrogens with one attached hydrogen (secondary N) is 2. The molecule has 0 fully saturated rings. The van der Waals surface area contributed by atoms with Crippen LogP contribution in [0.3, 0.4) is 0 Å². The number of benzene rings is 2. The maximum Gasteiger partial charge on any atom is 0.258 e. The second-order valence-electron chi connectivity index (χ2n) is 4.87. The van der Waals surface area contributed by atoms with E-state index in [1.165, 1.54) is 6.21 Å². The van der Waals surface area contributed by atoms with E-state index in [1.54, 1.807) is 48.5 Å². The minimum Gasteiger partial charge on any atom is -0.302 e. The third-order valence-electron chi connectivity index (χ3n) is 3.08. The Labute approximate surface area is 157 Å². The highest BCUT2D eigenvalue weighted by atomic mass is 35.5. The van der Waals surface area contributed by atoms with E-state index in [9.17, 15) is 4.79 Å². The summed E-state index contributed by atoms with van der Waals surface area (Å²) in [6.07, 6.45) is 1.22. The van der Waals surface area contributed by atoms with Crippen LogP contribution in [0, 0.1) is 0 Å². The molecule has 8 nitrogen and oxygen atoms in total. The normalized spacial score (nSPS) is 10.7. The predicted octanol–water partition coefficient (Wildman–Crippen LogP) is 4.01. The lowest BCUT2D eigenvalue weighted by molar-refractivity contribution is 0.102. The van der Waals surface area contributed by atoms with Crippen LogP contribution in [0.15, 0.2) is 58.3 Å². The monoisotopic (exact) mass is 391 g/mol. The van der Waals surface area contributed by atoms with Gasteiger partial charge in [-0.3, -0.25) is 9.73 Å². The van der Waals surface area contributed by atoms with Gasteiger partial charge in [-0.25, -0.2) is 4.63 Å². The molecule has 3 aromatic rings. The highest BCUT2D eigenvalue weighted by Gasteiger charge is 2.15. The smallest absolute Gasteiger partial charge is 0.258 e. The molecule has 26 heavy (non-hydrogen) atoms. The largest absolute Gasteiger partial charge is 0.302 e. The number of hydrogen-bond donors (Lipinski definition) is 2. The van der Waals surface area contributed by atoms with E-state index in [0.717, 1.165) is 0 Å². The number of halogens is 2. The van der Waals surface area contributed by atoms with Gasteiger partial charge in [0.25, 0.3) is 5.91 Å². The molecule has 0 aliphatic rings. The second-order valence-corrected chi connectivity index (χ2v) is 5.71. The molecular formula is C16H11Cl2N5O3. The first-order valence-electron chi connectivity index (χ1n) is 7.23. The molecule has 1 heterocycles. The topological polar surface area (TPSA) is 102 Å². The highest BCUT2D eigenvalue weighted by molar-refractivity contribution is 6.34. The number of rotatable bonds is 6. The first kappa shape index (κ1) is 17.7. The van der Waals surface area contributed by atoms with Gasteiger partial charge in [0.1, 0.15) is 6.21 Å². The van der Waals surface area contributed by atoms with E-state index in [2.05, 4.69) is 30.9 Å². The number of carbonyl (C=O) groups is 1. The van der Waals surface area contributed by atoms with Gasteiger partial charge in [0, 0.05) is 5.02 Å². The minimum absolute atomic E-state index is 0.0741. The van der Waals surface area contributed by atoms with Gasteiger partial charge < -0.3 is 5.32 Å². The Morgan fingerprint density at radius 1 is 1.15 bits per heavy atom. The van der Waals surface area contributed by atoms with Crippen LogP contribution in [0.5, 0.6) is 0 Å². The van der Waals surface area contributed by atoms with Gasteiger partial charge in [0.05, 0.1) is 16.3 Å². The van der Waals surface area contributed by atoms with Crippen molar-refractivity contribution in [3.63, 3.8) is 0 Å². The van der Waals surface area contributed by atoms with Crippen LogP contribution in [-0.2, 0) is 4.94 Å². The summed E-state index contributed by atoms with van der Waals surface area (Å²) in [6, 6.07) is 13.5. The molecule has 0 bridgehead atoms. The number of anilines is 2. The molecule has 0 radical (unpaired) electrons. The van der Waals surface area contributed by atoms with Crippen molar-refractivity contribution in [3.05, 3.63) is 69.8 Å². The quantitative estimate of drug-likeness (QED) is 0.486. The van der Waals surface area contributed by atoms with E-state index in [0.29, 0.717) is 21.3 Å². The van der Waals surface area contributed by atoms with Gasteiger partial charge in [-0.1, -0.05) is 46.6 Å². The van der Waals surface area contributed by atoms with Crippen molar-refractivity contribution in [3.8, 4) is 0 Å². The number of carbonyl (C=O) groups excluding carboxylic acids is 1. The van der Waals surface area contributed by atoms with Crippen LogP contribution >= 0.6 is 23.2 Å². The molecule has 0 aliphatic heterocycles. The molecule has 0 saturated heterocycles. The maximum atomic E-state index is 12.2. The predicted molar refractivity (Wildman–Crippen MR) is 97.5 cm³/mol. The Kier molecular flexibility index (Phi) is 5.67. The summed E-state index contributed by atoms with van der Waals surface area (Å²) in [5.74, 6) is -0.385. The third kappa shape index (κ3) is 4.50. The molecule has 0 atom stereocenters.